The topological polar surface area (TPSA) is 20.2 Å². The first-order valence-corrected chi connectivity index (χ1v) is 7.37. The molecule has 1 saturated carbocycles. The summed E-state index contributed by atoms with van der Waals surface area (Å²) in [6, 6.07) is 0. The van der Waals surface area contributed by atoms with Crippen molar-refractivity contribution in [3.05, 3.63) is 23.8 Å². The molecule has 94 valence electrons. The van der Waals surface area contributed by atoms with Crippen LogP contribution in [-0.2, 0) is 0 Å². The fraction of sp³-hybridized carbons (Fsp3) is 0.750. The first-order valence-electron chi connectivity index (χ1n) is 7.37. The van der Waals surface area contributed by atoms with Crippen molar-refractivity contribution < 1.29 is 5.11 Å². The lowest BCUT2D eigenvalue weighted by Gasteiger charge is -2.49. The van der Waals surface area contributed by atoms with Crippen LogP contribution >= 0.6 is 0 Å². The zero-order valence-electron chi connectivity index (χ0n) is 10.7. The minimum atomic E-state index is -0.204. The summed E-state index contributed by atoms with van der Waals surface area (Å²) in [6.07, 6.45) is 18.6. The maximum atomic E-state index is 10.2. The fourth-order valence-corrected chi connectivity index (χ4v) is 3.96. The smallest absolute Gasteiger partial charge is 0.0794 e. The second-order valence-electron chi connectivity index (χ2n) is 6.23. The predicted molar refractivity (Wildman–Crippen MR) is 70.7 cm³/mol. The lowest BCUT2D eigenvalue weighted by atomic mass is 9.56. The molecule has 0 aromatic rings. The highest BCUT2D eigenvalue weighted by atomic mass is 16.3. The molecule has 17 heavy (non-hydrogen) atoms. The summed E-state index contributed by atoms with van der Waals surface area (Å²) in [6.45, 7) is 0. The van der Waals surface area contributed by atoms with Gasteiger partial charge >= 0.3 is 0 Å². The highest BCUT2D eigenvalue weighted by molar-refractivity contribution is 5.31. The highest BCUT2D eigenvalue weighted by Crippen LogP contribution is 2.53. The summed E-state index contributed by atoms with van der Waals surface area (Å²) in [4.78, 5) is 0. The van der Waals surface area contributed by atoms with Gasteiger partial charge in [0.25, 0.3) is 0 Å². The number of allylic oxidation sites excluding steroid dienone is 2. The van der Waals surface area contributed by atoms with Crippen LogP contribution in [0.25, 0.3) is 0 Å². The zero-order valence-corrected chi connectivity index (χ0v) is 10.7. The van der Waals surface area contributed by atoms with Crippen LogP contribution in [0.15, 0.2) is 23.8 Å². The molecule has 2 bridgehead atoms. The van der Waals surface area contributed by atoms with Gasteiger partial charge in [0.2, 0.25) is 0 Å². The van der Waals surface area contributed by atoms with Crippen LogP contribution in [0, 0.1) is 11.3 Å². The molecule has 1 unspecified atom stereocenters. The molecule has 0 heterocycles. The third-order valence-corrected chi connectivity index (χ3v) is 5.02. The molecular weight excluding hydrogens is 208 g/mol. The molecule has 3 aliphatic rings. The Labute approximate surface area is 105 Å². The molecule has 1 nitrogen and oxygen atoms in total. The van der Waals surface area contributed by atoms with Gasteiger partial charge in [-0.1, -0.05) is 55.9 Å². The van der Waals surface area contributed by atoms with Gasteiger partial charge in [-0.25, -0.2) is 0 Å². The maximum absolute atomic E-state index is 10.2. The summed E-state index contributed by atoms with van der Waals surface area (Å²) in [7, 11) is 0. The van der Waals surface area contributed by atoms with E-state index < -0.39 is 0 Å². The molecular formula is C16H24O. The predicted octanol–water partition coefficient (Wildman–Crippen LogP) is 3.98. The van der Waals surface area contributed by atoms with E-state index in [1.807, 2.05) is 0 Å². The van der Waals surface area contributed by atoms with Crippen molar-refractivity contribution in [1.82, 2.24) is 0 Å². The van der Waals surface area contributed by atoms with Crippen LogP contribution in [0.4, 0.5) is 0 Å². The van der Waals surface area contributed by atoms with E-state index >= 15 is 0 Å². The van der Waals surface area contributed by atoms with Gasteiger partial charge < -0.3 is 5.11 Å². The SMILES string of the molecule is O[C@H]1C=C2CCCCCCCCC3(C=C[C@@H]13)C2. The number of aliphatic hydroxyl groups excluding tert-OH is 1. The minimum Gasteiger partial charge on any atom is -0.388 e. The Balaban J connectivity index is 1.79. The Morgan fingerprint density at radius 1 is 1.06 bits per heavy atom. The summed E-state index contributed by atoms with van der Waals surface area (Å²) >= 11 is 0. The largest absolute Gasteiger partial charge is 0.388 e. The van der Waals surface area contributed by atoms with Gasteiger partial charge in [-0.05, 0) is 25.7 Å². The van der Waals surface area contributed by atoms with Crippen molar-refractivity contribution >= 4 is 0 Å². The van der Waals surface area contributed by atoms with E-state index in [2.05, 4.69) is 18.2 Å². The maximum Gasteiger partial charge on any atom is 0.0794 e. The molecule has 0 radical (unpaired) electrons. The molecule has 0 saturated heterocycles. The lowest BCUT2D eigenvalue weighted by Crippen LogP contribution is -2.44. The Kier molecular flexibility index (Phi) is 3.12. The fourth-order valence-electron chi connectivity index (χ4n) is 3.96. The van der Waals surface area contributed by atoms with Crippen LogP contribution in [0.5, 0.6) is 0 Å². The van der Waals surface area contributed by atoms with Gasteiger partial charge in [0.05, 0.1) is 6.10 Å². The third kappa shape index (κ3) is 2.10. The highest BCUT2D eigenvalue weighted by Gasteiger charge is 2.46. The average molecular weight is 232 g/mol. The van der Waals surface area contributed by atoms with Crippen molar-refractivity contribution in [2.45, 2.75) is 63.9 Å². The Morgan fingerprint density at radius 2 is 1.82 bits per heavy atom. The van der Waals surface area contributed by atoms with Gasteiger partial charge in [0, 0.05) is 11.3 Å². The van der Waals surface area contributed by atoms with Crippen LogP contribution in [-0.4, -0.2) is 11.2 Å². The van der Waals surface area contributed by atoms with E-state index in [9.17, 15) is 5.11 Å². The molecule has 0 aromatic heterocycles. The first-order chi connectivity index (χ1) is 8.30. The zero-order chi connectivity index (χ0) is 11.7. The van der Waals surface area contributed by atoms with Crippen LogP contribution < -0.4 is 0 Å². The Morgan fingerprint density at radius 3 is 2.59 bits per heavy atom. The van der Waals surface area contributed by atoms with Gasteiger partial charge in [-0.15, -0.1) is 0 Å². The summed E-state index contributed by atoms with van der Waals surface area (Å²) in [5.41, 5.74) is 1.87. The molecule has 0 aromatic carbocycles. The number of fused-ring (bicyclic) bond motifs is 1. The Bertz CT molecular complexity index is 341. The molecule has 3 atom stereocenters. The van der Waals surface area contributed by atoms with Gasteiger partial charge in [0.1, 0.15) is 0 Å². The second-order valence-corrected chi connectivity index (χ2v) is 6.23. The monoisotopic (exact) mass is 232 g/mol. The van der Waals surface area contributed by atoms with Crippen LogP contribution in [0.2, 0.25) is 0 Å². The molecule has 1 fully saturated rings. The van der Waals surface area contributed by atoms with Crippen molar-refractivity contribution in [1.29, 1.82) is 0 Å². The van der Waals surface area contributed by atoms with Crippen molar-refractivity contribution in [3.8, 4) is 0 Å². The van der Waals surface area contributed by atoms with E-state index in [1.54, 1.807) is 0 Å². The second kappa shape index (κ2) is 4.61. The summed E-state index contributed by atoms with van der Waals surface area (Å²) in [5.74, 6) is 0.423. The molecule has 1 heteroatoms. The van der Waals surface area contributed by atoms with Crippen molar-refractivity contribution in [2.75, 3.05) is 0 Å². The number of hydrogen-bond donors (Lipinski definition) is 1. The molecule has 3 rings (SSSR count). The normalized spacial score (nSPS) is 41.8. The van der Waals surface area contributed by atoms with Gasteiger partial charge in [0.15, 0.2) is 0 Å². The molecule has 1 spiro atoms. The van der Waals surface area contributed by atoms with E-state index in [-0.39, 0.29) is 6.10 Å². The molecule has 0 aliphatic heterocycles. The average Bonchev–Trinajstić information content (AvgIpc) is 2.30. The van der Waals surface area contributed by atoms with Gasteiger partial charge in [-0.2, -0.15) is 0 Å². The minimum absolute atomic E-state index is 0.204. The Hall–Kier alpha value is -0.560. The van der Waals surface area contributed by atoms with E-state index in [0.717, 1.165) is 0 Å². The van der Waals surface area contributed by atoms with Crippen molar-refractivity contribution in [2.24, 2.45) is 11.3 Å². The first kappa shape index (κ1) is 11.5. The van der Waals surface area contributed by atoms with E-state index in [4.69, 9.17) is 0 Å². The summed E-state index contributed by atoms with van der Waals surface area (Å²) < 4.78 is 0. The third-order valence-electron chi connectivity index (χ3n) is 5.02. The summed E-state index contributed by atoms with van der Waals surface area (Å²) in [5, 5.41) is 10.2. The van der Waals surface area contributed by atoms with E-state index in [1.165, 1.54) is 63.4 Å². The molecule has 0 amide bonds. The number of aliphatic hydroxyl groups is 1. The van der Waals surface area contributed by atoms with Crippen molar-refractivity contribution in [3.63, 3.8) is 0 Å². The molecule has 3 aliphatic carbocycles. The lowest BCUT2D eigenvalue weighted by molar-refractivity contribution is 0.0619. The molecule has 1 N–H and O–H groups in total. The van der Waals surface area contributed by atoms with E-state index in [0.29, 0.717) is 11.3 Å². The number of rotatable bonds is 0. The quantitative estimate of drug-likeness (QED) is 0.626. The number of hydrogen-bond acceptors (Lipinski definition) is 1. The standard InChI is InChI=1S/C16H24O/c17-15-11-13-7-5-3-1-2-4-6-9-16(12-13)10-8-14(15)16/h8,10-11,14-15,17H,1-7,9,12H2/t14-,15-,16?/m0/s1. The van der Waals surface area contributed by atoms with Crippen LogP contribution in [0.1, 0.15) is 57.8 Å². The van der Waals surface area contributed by atoms with Gasteiger partial charge in [-0.3, -0.25) is 0 Å². The van der Waals surface area contributed by atoms with Crippen LogP contribution in [0.3, 0.4) is 0 Å².